The first kappa shape index (κ1) is 11.8. The minimum absolute atomic E-state index is 0.648. The van der Waals surface area contributed by atoms with Crippen molar-refractivity contribution in [2.45, 2.75) is 51.5 Å². The highest BCUT2D eigenvalue weighted by Crippen LogP contribution is 2.57. The average molecular weight is 259 g/mol. The fourth-order valence-electron chi connectivity index (χ4n) is 5.50. The van der Waals surface area contributed by atoms with Gasteiger partial charge in [0, 0.05) is 12.7 Å². The zero-order valence-electron chi connectivity index (χ0n) is 11.7. The summed E-state index contributed by atoms with van der Waals surface area (Å²) in [5, 5.41) is 4.28. The topological polar surface area (TPSA) is 43.8 Å². The molecule has 5 rings (SSSR count). The van der Waals surface area contributed by atoms with E-state index in [-0.39, 0.29) is 0 Å². The molecule has 3 heteroatoms. The van der Waals surface area contributed by atoms with Crippen LogP contribution < -0.4 is 5.73 Å². The maximum atomic E-state index is 5.66. The summed E-state index contributed by atoms with van der Waals surface area (Å²) in [5.41, 5.74) is 5.66. The lowest BCUT2D eigenvalue weighted by molar-refractivity contribution is -0.0406. The molecule has 104 valence electrons. The third-order valence-electron chi connectivity index (χ3n) is 6.01. The van der Waals surface area contributed by atoms with Crippen LogP contribution >= 0.6 is 0 Å². The molecule has 0 aromatic carbocycles. The van der Waals surface area contributed by atoms with E-state index in [2.05, 4.69) is 5.10 Å². The molecule has 0 spiro atoms. The van der Waals surface area contributed by atoms with Crippen LogP contribution in [0.5, 0.6) is 0 Å². The smallest absolute Gasteiger partial charge is 0.145 e. The van der Waals surface area contributed by atoms with Crippen molar-refractivity contribution in [1.29, 1.82) is 0 Å². The number of anilines is 1. The number of hydrogen-bond donors (Lipinski definition) is 1. The highest BCUT2D eigenvalue weighted by molar-refractivity contribution is 5.23. The van der Waals surface area contributed by atoms with E-state index in [1.807, 2.05) is 16.9 Å². The van der Waals surface area contributed by atoms with Gasteiger partial charge in [-0.15, -0.1) is 0 Å². The van der Waals surface area contributed by atoms with E-state index >= 15 is 0 Å². The summed E-state index contributed by atoms with van der Waals surface area (Å²) >= 11 is 0. The fraction of sp³-hybridized carbons (Fsp3) is 0.812. The van der Waals surface area contributed by atoms with Crippen LogP contribution in [0, 0.1) is 29.6 Å². The summed E-state index contributed by atoms with van der Waals surface area (Å²) < 4.78 is 2.01. The first-order valence-corrected chi connectivity index (χ1v) is 8.07. The van der Waals surface area contributed by atoms with Crippen molar-refractivity contribution in [3.63, 3.8) is 0 Å². The summed E-state index contributed by atoms with van der Waals surface area (Å²) in [4.78, 5) is 0. The third-order valence-corrected chi connectivity index (χ3v) is 6.01. The minimum atomic E-state index is 0.648. The first-order chi connectivity index (χ1) is 9.28. The molecule has 19 heavy (non-hydrogen) atoms. The minimum Gasteiger partial charge on any atom is -0.382 e. The van der Waals surface area contributed by atoms with Crippen molar-refractivity contribution in [1.82, 2.24) is 9.78 Å². The Kier molecular flexibility index (Phi) is 2.82. The van der Waals surface area contributed by atoms with E-state index in [0.717, 1.165) is 36.1 Å². The summed E-state index contributed by atoms with van der Waals surface area (Å²) in [6.45, 7) is 1.04. The molecule has 4 aliphatic rings. The summed E-state index contributed by atoms with van der Waals surface area (Å²) in [7, 11) is 0. The SMILES string of the molecule is Nc1ccn(CCCC2C3CC4CC(C3)CC2C4)n1. The molecule has 1 aromatic heterocycles. The Morgan fingerprint density at radius 3 is 2.37 bits per heavy atom. The average Bonchev–Trinajstić information content (AvgIpc) is 2.78. The number of nitrogens with zero attached hydrogens (tertiary/aromatic N) is 2. The lowest BCUT2D eigenvalue weighted by atomic mass is 9.51. The molecule has 0 saturated heterocycles. The molecular weight excluding hydrogens is 234 g/mol. The Balaban J connectivity index is 1.33. The van der Waals surface area contributed by atoms with E-state index in [0.29, 0.717) is 5.82 Å². The molecule has 4 saturated carbocycles. The molecule has 1 aromatic rings. The number of hydrogen-bond acceptors (Lipinski definition) is 2. The van der Waals surface area contributed by atoms with E-state index in [4.69, 9.17) is 5.73 Å². The van der Waals surface area contributed by atoms with E-state index in [1.165, 1.54) is 12.8 Å². The predicted molar refractivity (Wildman–Crippen MR) is 76.4 cm³/mol. The standard InChI is InChI=1S/C16H25N3/c17-16-3-5-19(18-16)4-1-2-15-13-7-11-6-12(9-13)10-14(15)8-11/h3,5,11-15H,1-2,4,6-10H2,(H2,17,18). The van der Waals surface area contributed by atoms with E-state index < -0.39 is 0 Å². The van der Waals surface area contributed by atoms with Gasteiger partial charge in [-0.3, -0.25) is 4.68 Å². The Labute approximate surface area is 115 Å². The van der Waals surface area contributed by atoms with Crippen LogP contribution in [0.25, 0.3) is 0 Å². The molecule has 0 aliphatic heterocycles. The molecule has 0 radical (unpaired) electrons. The second-order valence-electron chi connectivity index (χ2n) is 7.24. The number of rotatable bonds is 4. The van der Waals surface area contributed by atoms with Crippen molar-refractivity contribution in [3.8, 4) is 0 Å². The Bertz CT molecular complexity index is 423. The molecule has 4 aliphatic carbocycles. The number of nitrogen functional groups attached to an aromatic ring is 1. The molecule has 0 unspecified atom stereocenters. The zero-order chi connectivity index (χ0) is 12.8. The van der Waals surface area contributed by atoms with Crippen molar-refractivity contribution in [2.75, 3.05) is 5.73 Å². The molecule has 3 nitrogen and oxygen atoms in total. The van der Waals surface area contributed by atoms with Crippen LogP contribution in [-0.4, -0.2) is 9.78 Å². The van der Waals surface area contributed by atoms with Gasteiger partial charge in [-0.05, 0) is 80.6 Å². The Morgan fingerprint density at radius 2 is 1.79 bits per heavy atom. The highest BCUT2D eigenvalue weighted by atomic mass is 15.3. The van der Waals surface area contributed by atoms with Crippen molar-refractivity contribution < 1.29 is 0 Å². The highest BCUT2D eigenvalue weighted by Gasteiger charge is 2.47. The normalized spacial score (nSPS) is 39.9. The Morgan fingerprint density at radius 1 is 1.11 bits per heavy atom. The first-order valence-electron chi connectivity index (χ1n) is 8.07. The van der Waals surface area contributed by atoms with Crippen LogP contribution in [0.3, 0.4) is 0 Å². The maximum Gasteiger partial charge on any atom is 0.145 e. The number of aromatic nitrogens is 2. The third kappa shape index (κ3) is 2.17. The zero-order valence-corrected chi connectivity index (χ0v) is 11.7. The monoisotopic (exact) mass is 259 g/mol. The summed E-state index contributed by atoms with van der Waals surface area (Å²) in [6.07, 6.45) is 12.4. The van der Waals surface area contributed by atoms with Crippen LogP contribution in [0.4, 0.5) is 5.82 Å². The molecular formula is C16H25N3. The number of aryl methyl sites for hydroxylation is 1. The van der Waals surface area contributed by atoms with Gasteiger partial charge in [0.2, 0.25) is 0 Å². The second-order valence-corrected chi connectivity index (χ2v) is 7.24. The summed E-state index contributed by atoms with van der Waals surface area (Å²) in [5.74, 6) is 6.02. The van der Waals surface area contributed by atoms with Crippen molar-refractivity contribution in [2.24, 2.45) is 29.6 Å². The van der Waals surface area contributed by atoms with Crippen molar-refractivity contribution in [3.05, 3.63) is 12.3 Å². The van der Waals surface area contributed by atoms with Gasteiger partial charge in [-0.25, -0.2) is 0 Å². The van der Waals surface area contributed by atoms with Crippen molar-refractivity contribution >= 4 is 5.82 Å². The molecule has 0 atom stereocenters. The van der Waals surface area contributed by atoms with Crippen LogP contribution in [0.1, 0.15) is 44.9 Å². The molecule has 4 bridgehead atoms. The van der Waals surface area contributed by atoms with Crippen LogP contribution in [0.15, 0.2) is 12.3 Å². The van der Waals surface area contributed by atoms with Gasteiger partial charge < -0.3 is 5.73 Å². The fourth-order valence-corrected chi connectivity index (χ4v) is 5.50. The summed E-state index contributed by atoms with van der Waals surface area (Å²) in [6, 6.07) is 1.89. The molecule has 2 N–H and O–H groups in total. The van der Waals surface area contributed by atoms with Gasteiger partial charge in [-0.1, -0.05) is 0 Å². The molecule has 0 amide bonds. The van der Waals surface area contributed by atoms with Gasteiger partial charge >= 0.3 is 0 Å². The largest absolute Gasteiger partial charge is 0.382 e. The number of nitrogens with two attached hydrogens (primary N) is 1. The van der Waals surface area contributed by atoms with Crippen LogP contribution in [0.2, 0.25) is 0 Å². The lowest BCUT2D eigenvalue weighted by Gasteiger charge is -2.54. The molecule has 1 heterocycles. The van der Waals surface area contributed by atoms with Gasteiger partial charge in [-0.2, -0.15) is 5.10 Å². The second kappa shape index (κ2) is 4.53. The molecule has 4 fully saturated rings. The van der Waals surface area contributed by atoms with Crippen LogP contribution in [-0.2, 0) is 6.54 Å². The maximum absolute atomic E-state index is 5.66. The lowest BCUT2D eigenvalue weighted by Crippen LogP contribution is -2.45. The quantitative estimate of drug-likeness (QED) is 0.901. The van der Waals surface area contributed by atoms with Gasteiger partial charge in [0.1, 0.15) is 5.82 Å². The van der Waals surface area contributed by atoms with E-state index in [9.17, 15) is 0 Å². The van der Waals surface area contributed by atoms with E-state index in [1.54, 1.807) is 32.1 Å². The predicted octanol–water partition coefficient (Wildman–Crippen LogP) is 3.32. The van der Waals surface area contributed by atoms with Gasteiger partial charge in [0.05, 0.1) is 0 Å². The Hall–Kier alpha value is -0.990. The van der Waals surface area contributed by atoms with Gasteiger partial charge in [0.15, 0.2) is 0 Å². The van der Waals surface area contributed by atoms with Gasteiger partial charge in [0.25, 0.3) is 0 Å².